The number of rotatable bonds is 9. The number of anilines is 4. The number of aryl methyl sites for hydroxylation is 1. The third-order valence-corrected chi connectivity index (χ3v) is 7.15. The zero-order chi connectivity index (χ0) is 31.6. The number of aliphatic hydroxyl groups excluding tert-OH is 1. The van der Waals surface area contributed by atoms with Crippen molar-refractivity contribution in [2.24, 2.45) is 5.92 Å². The summed E-state index contributed by atoms with van der Waals surface area (Å²) in [6, 6.07) is 16.0. The molecular formula is C31H30F3N7O3. The van der Waals surface area contributed by atoms with E-state index < -0.39 is 23.3 Å². The molecule has 0 radical (unpaired) electrons. The van der Waals surface area contributed by atoms with Gasteiger partial charge in [0.15, 0.2) is 0 Å². The second-order valence-electron chi connectivity index (χ2n) is 10.6. The predicted octanol–water partition coefficient (Wildman–Crippen LogP) is 5.86. The van der Waals surface area contributed by atoms with E-state index in [1.165, 1.54) is 23.0 Å². The predicted molar refractivity (Wildman–Crippen MR) is 163 cm³/mol. The van der Waals surface area contributed by atoms with Gasteiger partial charge >= 0.3 is 11.9 Å². The number of halogens is 3. The summed E-state index contributed by atoms with van der Waals surface area (Å²) in [5, 5.41) is 18.8. The van der Waals surface area contributed by atoms with Crippen LogP contribution in [0.2, 0.25) is 0 Å². The van der Waals surface area contributed by atoms with Crippen molar-refractivity contribution in [2.75, 3.05) is 22.6 Å². The van der Waals surface area contributed by atoms with Gasteiger partial charge in [-0.05, 0) is 60.9 Å². The van der Waals surface area contributed by atoms with E-state index in [-0.39, 0.29) is 24.1 Å². The SMILES string of the molecule is Cc1ccc(NC(=O)c2cccc(C(F)(F)F)c2)cc1Nc1cccc2c1[nH]c(=O)n2-c1cc(NC(CO)C(C)C)ncn1. The Hall–Kier alpha value is -5.17. The lowest BCUT2D eigenvalue weighted by Gasteiger charge is -2.20. The number of nitrogens with zero attached hydrogens (tertiary/aromatic N) is 3. The van der Waals surface area contributed by atoms with E-state index in [2.05, 4.69) is 30.9 Å². The Kier molecular flexibility index (Phi) is 8.41. The van der Waals surface area contributed by atoms with Crippen molar-refractivity contribution >= 4 is 39.8 Å². The average Bonchev–Trinajstić information content (AvgIpc) is 3.33. The van der Waals surface area contributed by atoms with Gasteiger partial charge in [-0.1, -0.05) is 32.0 Å². The molecule has 228 valence electrons. The fourth-order valence-electron chi connectivity index (χ4n) is 4.64. The summed E-state index contributed by atoms with van der Waals surface area (Å²) in [7, 11) is 0. The van der Waals surface area contributed by atoms with Gasteiger partial charge in [-0.3, -0.25) is 4.79 Å². The van der Waals surface area contributed by atoms with E-state index in [1.54, 1.807) is 42.5 Å². The number of carbonyl (C=O) groups excluding carboxylic acids is 1. The number of hydrogen-bond donors (Lipinski definition) is 5. The maximum Gasteiger partial charge on any atom is 0.416 e. The molecule has 1 atom stereocenters. The Bertz CT molecular complexity index is 1880. The summed E-state index contributed by atoms with van der Waals surface area (Å²) in [6.07, 6.45) is -3.23. The Labute approximate surface area is 250 Å². The number of aliphatic hydroxyl groups is 1. The van der Waals surface area contributed by atoms with Crippen molar-refractivity contribution < 1.29 is 23.1 Å². The molecule has 5 aromatic rings. The molecule has 0 saturated heterocycles. The standard InChI is InChI=1S/C31H30F3N7O3/c1-17(2)24(15-42)39-26-14-27(36-16-35-26)41-25-9-5-8-22(28(25)40-30(41)44)38-23-13-21(11-10-18(23)3)37-29(43)19-6-4-7-20(12-19)31(32,33)34/h4-14,16-17,24,38,42H,15H2,1-3H3,(H,37,43)(H,40,44)(H,35,36,39). The molecule has 0 spiro atoms. The lowest BCUT2D eigenvalue weighted by atomic mass is 10.1. The maximum absolute atomic E-state index is 13.1. The number of aromatic nitrogens is 4. The first kappa shape index (κ1) is 30.3. The fourth-order valence-corrected chi connectivity index (χ4v) is 4.64. The summed E-state index contributed by atoms with van der Waals surface area (Å²) in [4.78, 5) is 37.3. The largest absolute Gasteiger partial charge is 0.416 e. The van der Waals surface area contributed by atoms with Crippen LogP contribution in [0.3, 0.4) is 0 Å². The van der Waals surface area contributed by atoms with Crippen LogP contribution in [0, 0.1) is 12.8 Å². The second kappa shape index (κ2) is 12.2. The van der Waals surface area contributed by atoms with Gasteiger partial charge in [0.25, 0.3) is 5.91 Å². The number of carbonyl (C=O) groups is 1. The van der Waals surface area contributed by atoms with E-state index in [1.807, 2.05) is 20.8 Å². The molecule has 13 heteroatoms. The van der Waals surface area contributed by atoms with Crippen molar-refractivity contribution in [1.82, 2.24) is 19.5 Å². The van der Waals surface area contributed by atoms with E-state index in [0.717, 1.165) is 17.7 Å². The number of alkyl halides is 3. The number of fused-ring (bicyclic) bond motifs is 1. The summed E-state index contributed by atoms with van der Waals surface area (Å²) in [6.45, 7) is 5.70. The summed E-state index contributed by atoms with van der Waals surface area (Å²) in [5.41, 5.74) is 1.92. The van der Waals surface area contributed by atoms with Crippen LogP contribution in [0.4, 0.5) is 36.1 Å². The third-order valence-electron chi connectivity index (χ3n) is 7.15. The highest BCUT2D eigenvalue weighted by Crippen LogP contribution is 2.31. The zero-order valence-corrected chi connectivity index (χ0v) is 24.0. The van der Waals surface area contributed by atoms with Gasteiger partial charge in [0.05, 0.1) is 34.9 Å². The Morgan fingerprint density at radius 3 is 2.52 bits per heavy atom. The molecule has 1 unspecified atom stereocenters. The number of imidazole rings is 1. The molecule has 1 amide bonds. The molecule has 0 aliphatic rings. The lowest BCUT2D eigenvalue weighted by Crippen LogP contribution is -2.30. The van der Waals surface area contributed by atoms with Gasteiger partial charge in [-0.2, -0.15) is 13.2 Å². The van der Waals surface area contributed by atoms with Crippen LogP contribution in [-0.2, 0) is 6.18 Å². The van der Waals surface area contributed by atoms with Crippen LogP contribution in [0.15, 0.2) is 77.9 Å². The molecule has 0 saturated carbocycles. The topological polar surface area (TPSA) is 137 Å². The molecule has 5 N–H and O–H groups in total. The van der Waals surface area contributed by atoms with E-state index >= 15 is 0 Å². The lowest BCUT2D eigenvalue weighted by molar-refractivity contribution is -0.137. The van der Waals surface area contributed by atoms with Gasteiger partial charge in [0.2, 0.25) is 0 Å². The number of aromatic amines is 1. The van der Waals surface area contributed by atoms with Crippen molar-refractivity contribution in [3.8, 4) is 5.82 Å². The highest BCUT2D eigenvalue weighted by molar-refractivity contribution is 6.04. The number of para-hydroxylation sites is 1. The normalized spacial score (nSPS) is 12.4. The minimum absolute atomic E-state index is 0.0887. The number of amides is 1. The average molecular weight is 606 g/mol. The van der Waals surface area contributed by atoms with Crippen LogP contribution in [0.25, 0.3) is 16.9 Å². The van der Waals surface area contributed by atoms with Crippen molar-refractivity contribution in [1.29, 1.82) is 0 Å². The molecule has 44 heavy (non-hydrogen) atoms. The van der Waals surface area contributed by atoms with Crippen molar-refractivity contribution in [3.05, 3.63) is 100 Å². The highest BCUT2D eigenvalue weighted by Gasteiger charge is 2.31. The Morgan fingerprint density at radius 1 is 1.02 bits per heavy atom. The van der Waals surface area contributed by atoms with Gasteiger partial charge in [0.1, 0.15) is 18.0 Å². The van der Waals surface area contributed by atoms with E-state index in [0.29, 0.717) is 39.7 Å². The first-order valence-electron chi connectivity index (χ1n) is 13.7. The number of H-pyrrole nitrogens is 1. The van der Waals surface area contributed by atoms with Crippen molar-refractivity contribution in [2.45, 2.75) is 33.0 Å². The zero-order valence-electron chi connectivity index (χ0n) is 24.0. The highest BCUT2D eigenvalue weighted by atomic mass is 19.4. The number of hydrogen-bond acceptors (Lipinski definition) is 7. The van der Waals surface area contributed by atoms with Crippen LogP contribution in [-0.4, -0.2) is 43.2 Å². The molecule has 5 rings (SSSR count). The Balaban J connectivity index is 1.42. The summed E-state index contributed by atoms with van der Waals surface area (Å²) < 4.78 is 40.8. The van der Waals surface area contributed by atoms with Gasteiger partial charge < -0.3 is 26.0 Å². The summed E-state index contributed by atoms with van der Waals surface area (Å²) in [5.74, 6) is 0.232. The van der Waals surface area contributed by atoms with E-state index in [9.17, 15) is 27.9 Å². The third kappa shape index (κ3) is 6.42. The minimum atomic E-state index is -4.57. The van der Waals surface area contributed by atoms with Crippen molar-refractivity contribution in [3.63, 3.8) is 0 Å². The van der Waals surface area contributed by atoms with Gasteiger partial charge in [0, 0.05) is 23.0 Å². The fraction of sp³-hybridized carbons (Fsp3) is 0.226. The van der Waals surface area contributed by atoms with Crippen LogP contribution in [0.1, 0.15) is 35.3 Å². The van der Waals surface area contributed by atoms with Crippen LogP contribution in [0.5, 0.6) is 0 Å². The molecule has 0 fully saturated rings. The molecule has 3 aromatic carbocycles. The van der Waals surface area contributed by atoms with Gasteiger partial charge in [-0.25, -0.2) is 19.3 Å². The molecule has 2 heterocycles. The molecule has 0 aliphatic heterocycles. The maximum atomic E-state index is 13.1. The smallest absolute Gasteiger partial charge is 0.394 e. The number of nitrogens with one attached hydrogen (secondary N) is 4. The number of benzene rings is 3. The quantitative estimate of drug-likeness (QED) is 0.142. The van der Waals surface area contributed by atoms with Crippen LogP contribution >= 0.6 is 0 Å². The molecule has 0 aliphatic carbocycles. The Morgan fingerprint density at radius 2 is 1.80 bits per heavy atom. The molecule has 2 aromatic heterocycles. The van der Waals surface area contributed by atoms with Gasteiger partial charge in [-0.15, -0.1) is 0 Å². The first-order valence-corrected chi connectivity index (χ1v) is 13.7. The molecule has 10 nitrogen and oxygen atoms in total. The van der Waals surface area contributed by atoms with E-state index in [4.69, 9.17) is 0 Å². The second-order valence-corrected chi connectivity index (χ2v) is 10.6. The molecule has 0 bridgehead atoms. The first-order chi connectivity index (χ1) is 20.9. The molecular weight excluding hydrogens is 575 g/mol. The van der Waals surface area contributed by atoms with Crippen LogP contribution < -0.4 is 21.6 Å². The summed E-state index contributed by atoms with van der Waals surface area (Å²) >= 11 is 0. The monoisotopic (exact) mass is 605 g/mol. The minimum Gasteiger partial charge on any atom is -0.394 e.